The molecular weight excluding hydrogens is 376 g/mol. The van der Waals surface area contributed by atoms with Crippen molar-refractivity contribution < 1.29 is 0 Å². The molecule has 0 spiro atoms. The number of nitrogen functional groups attached to an aromatic ring is 1. The maximum absolute atomic E-state index is 6.20. The summed E-state index contributed by atoms with van der Waals surface area (Å²) in [5.74, 6) is 1.21. The summed E-state index contributed by atoms with van der Waals surface area (Å²) in [7, 11) is 5.96. The van der Waals surface area contributed by atoms with Crippen LogP contribution in [0.2, 0.25) is 0 Å². The van der Waals surface area contributed by atoms with Crippen LogP contribution in [0.1, 0.15) is 0 Å². The fourth-order valence-electron chi connectivity index (χ4n) is 3.74. The van der Waals surface area contributed by atoms with Crippen LogP contribution in [-0.4, -0.2) is 38.2 Å². The number of anilines is 4. The van der Waals surface area contributed by atoms with Crippen molar-refractivity contribution in [3.8, 4) is 11.4 Å². The normalized spacial score (nSPS) is 11.3. The highest BCUT2D eigenvalue weighted by atomic mass is 15.3. The average molecular weight is 398 g/mol. The van der Waals surface area contributed by atoms with E-state index in [2.05, 4.69) is 38.3 Å². The maximum Gasteiger partial charge on any atom is 0.231 e. The van der Waals surface area contributed by atoms with Crippen molar-refractivity contribution in [2.24, 2.45) is 7.05 Å². The van der Waals surface area contributed by atoms with E-state index in [9.17, 15) is 0 Å². The number of rotatable bonds is 4. The molecular formula is C22H22N8. The molecule has 3 heterocycles. The second-order valence-corrected chi connectivity index (χ2v) is 7.44. The molecule has 5 rings (SSSR count). The van der Waals surface area contributed by atoms with Crippen molar-refractivity contribution in [3.63, 3.8) is 0 Å². The lowest BCUT2D eigenvalue weighted by atomic mass is 10.1. The molecule has 3 N–H and O–H groups in total. The Hall–Kier alpha value is -4.07. The maximum atomic E-state index is 6.20. The predicted molar refractivity (Wildman–Crippen MR) is 121 cm³/mol. The molecule has 0 atom stereocenters. The zero-order valence-electron chi connectivity index (χ0n) is 17.0. The van der Waals surface area contributed by atoms with Gasteiger partial charge in [-0.05, 0) is 24.3 Å². The van der Waals surface area contributed by atoms with Gasteiger partial charge in [-0.15, -0.1) is 0 Å². The fourth-order valence-corrected chi connectivity index (χ4v) is 3.74. The van der Waals surface area contributed by atoms with E-state index in [-0.39, 0.29) is 0 Å². The first-order chi connectivity index (χ1) is 14.5. The zero-order chi connectivity index (χ0) is 20.8. The monoisotopic (exact) mass is 398 g/mol. The smallest absolute Gasteiger partial charge is 0.231 e. The van der Waals surface area contributed by atoms with E-state index in [0.717, 1.165) is 33.7 Å². The molecule has 0 fully saturated rings. The van der Waals surface area contributed by atoms with Gasteiger partial charge in [0.25, 0.3) is 0 Å². The number of benzene rings is 2. The van der Waals surface area contributed by atoms with Gasteiger partial charge in [-0.1, -0.05) is 18.2 Å². The van der Waals surface area contributed by atoms with Gasteiger partial charge >= 0.3 is 0 Å². The van der Waals surface area contributed by atoms with E-state index in [1.54, 1.807) is 10.7 Å². The lowest BCUT2D eigenvalue weighted by molar-refractivity contribution is 0.904. The van der Waals surface area contributed by atoms with Crippen molar-refractivity contribution in [1.82, 2.24) is 24.1 Å². The highest BCUT2D eigenvalue weighted by molar-refractivity contribution is 5.94. The van der Waals surface area contributed by atoms with Crippen LogP contribution in [0.4, 0.5) is 23.0 Å². The molecule has 0 unspecified atom stereocenters. The summed E-state index contributed by atoms with van der Waals surface area (Å²) in [4.78, 5) is 11.4. The number of nitrogens with zero attached hydrogens (tertiary/aromatic N) is 6. The second-order valence-electron chi connectivity index (χ2n) is 7.44. The average Bonchev–Trinajstić information content (AvgIpc) is 3.32. The standard InChI is InChI=1S/C22H22N8/c1-28(2)19-9-8-14(12-17(19)23)25-22-26-20-10-11-24-30(20)21(27-22)16-13-29(3)18-7-5-4-6-15(16)18/h4-13H,23H2,1-3H3,(H,25,26). The molecule has 0 bridgehead atoms. The lowest BCUT2D eigenvalue weighted by Gasteiger charge is -2.16. The number of hydrogen-bond donors (Lipinski definition) is 2. The molecule has 8 heteroatoms. The molecule has 8 nitrogen and oxygen atoms in total. The van der Waals surface area contributed by atoms with E-state index < -0.39 is 0 Å². The van der Waals surface area contributed by atoms with E-state index in [1.807, 2.05) is 62.4 Å². The largest absolute Gasteiger partial charge is 0.397 e. The Labute approximate surface area is 173 Å². The minimum absolute atomic E-state index is 0.489. The van der Waals surface area contributed by atoms with Crippen LogP contribution in [0.5, 0.6) is 0 Å². The van der Waals surface area contributed by atoms with E-state index >= 15 is 0 Å². The third kappa shape index (κ3) is 2.89. The summed E-state index contributed by atoms with van der Waals surface area (Å²) in [5, 5.41) is 8.83. The van der Waals surface area contributed by atoms with Gasteiger partial charge in [-0.3, -0.25) is 0 Å². The first kappa shape index (κ1) is 18.0. The van der Waals surface area contributed by atoms with Crippen molar-refractivity contribution in [1.29, 1.82) is 0 Å². The van der Waals surface area contributed by atoms with E-state index in [1.165, 1.54) is 0 Å². The summed E-state index contributed by atoms with van der Waals surface area (Å²) in [6.07, 6.45) is 3.80. The number of fused-ring (bicyclic) bond motifs is 2. The number of para-hydroxylation sites is 1. The van der Waals surface area contributed by atoms with Gasteiger partial charge in [0.1, 0.15) is 0 Å². The molecule has 0 aliphatic carbocycles. The van der Waals surface area contributed by atoms with Gasteiger partial charge in [-0.2, -0.15) is 19.6 Å². The van der Waals surface area contributed by atoms with Crippen LogP contribution in [-0.2, 0) is 7.05 Å². The van der Waals surface area contributed by atoms with Gasteiger partial charge < -0.3 is 20.5 Å². The summed E-state index contributed by atoms with van der Waals surface area (Å²) in [6.45, 7) is 0. The summed E-state index contributed by atoms with van der Waals surface area (Å²) < 4.78 is 3.85. The highest BCUT2D eigenvalue weighted by Crippen LogP contribution is 2.31. The Morgan fingerprint density at radius 3 is 2.67 bits per heavy atom. The first-order valence-electron chi connectivity index (χ1n) is 9.61. The quantitative estimate of drug-likeness (QED) is 0.449. The Bertz CT molecular complexity index is 1380. The number of aromatic nitrogens is 5. The van der Waals surface area contributed by atoms with Gasteiger partial charge in [0, 0.05) is 55.6 Å². The highest BCUT2D eigenvalue weighted by Gasteiger charge is 2.16. The van der Waals surface area contributed by atoms with Crippen LogP contribution in [0.3, 0.4) is 0 Å². The Morgan fingerprint density at radius 1 is 1.03 bits per heavy atom. The fraction of sp³-hybridized carbons (Fsp3) is 0.136. The topological polar surface area (TPSA) is 89.3 Å². The minimum atomic E-state index is 0.489. The molecule has 3 aromatic heterocycles. The van der Waals surface area contributed by atoms with E-state index in [4.69, 9.17) is 10.7 Å². The first-order valence-corrected chi connectivity index (χ1v) is 9.61. The molecule has 30 heavy (non-hydrogen) atoms. The predicted octanol–water partition coefficient (Wildman–Crippen LogP) is 3.67. The Balaban J connectivity index is 1.63. The third-order valence-electron chi connectivity index (χ3n) is 5.16. The van der Waals surface area contributed by atoms with Crippen molar-refractivity contribution in [2.45, 2.75) is 0 Å². The number of hydrogen-bond acceptors (Lipinski definition) is 6. The summed E-state index contributed by atoms with van der Waals surface area (Å²) in [6, 6.07) is 15.9. The molecule has 0 radical (unpaired) electrons. The van der Waals surface area contributed by atoms with E-state index in [0.29, 0.717) is 17.3 Å². The van der Waals surface area contributed by atoms with Crippen LogP contribution in [0.15, 0.2) is 60.9 Å². The molecule has 150 valence electrons. The van der Waals surface area contributed by atoms with Gasteiger partial charge in [0.05, 0.1) is 17.6 Å². The van der Waals surface area contributed by atoms with Crippen molar-refractivity contribution in [2.75, 3.05) is 30.0 Å². The third-order valence-corrected chi connectivity index (χ3v) is 5.16. The summed E-state index contributed by atoms with van der Waals surface area (Å²) in [5.41, 5.74) is 11.5. The van der Waals surface area contributed by atoms with Gasteiger partial charge in [0.15, 0.2) is 11.5 Å². The lowest BCUT2D eigenvalue weighted by Crippen LogP contribution is -2.11. The molecule has 0 saturated heterocycles. The molecule has 0 amide bonds. The SMILES string of the molecule is CN(C)c1ccc(Nc2nc(-c3cn(C)c4ccccc34)n3nccc3n2)cc1N. The number of aryl methyl sites for hydroxylation is 1. The van der Waals surface area contributed by atoms with Gasteiger partial charge in [0.2, 0.25) is 5.95 Å². The van der Waals surface area contributed by atoms with Crippen molar-refractivity contribution in [3.05, 3.63) is 60.9 Å². The Morgan fingerprint density at radius 2 is 1.87 bits per heavy atom. The minimum Gasteiger partial charge on any atom is -0.397 e. The van der Waals surface area contributed by atoms with Gasteiger partial charge in [-0.25, -0.2) is 0 Å². The molecule has 2 aromatic carbocycles. The molecule has 0 aliphatic rings. The molecule has 0 aliphatic heterocycles. The number of nitrogens with two attached hydrogens (primary N) is 1. The molecule has 0 saturated carbocycles. The van der Waals surface area contributed by atoms with Crippen LogP contribution in [0, 0.1) is 0 Å². The second kappa shape index (κ2) is 6.77. The molecule has 5 aromatic rings. The van der Waals surface area contributed by atoms with Crippen LogP contribution < -0.4 is 16.0 Å². The number of nitrogens with one attached hydrogen (secondary N) is 1. The zero-order valence-corrected chi connectivity index (χ0v) is 17.0. The van der Waals surface area contributed by atoms with Crippen LogP contribution in [0.25, 0.3) is 27.9 Å². The van der Waals surface area contributed by atoms with Crippen molar-refractivity contribution >= 4 is 39.6 Å². The Kier molecular flexibility index (Phi) is 4.06. The summed E-state index contributed by atoms with van der Waals surface area (Å²) >= 11 is 0. The van der Waals surface area contributed by atoms with Crippen LogP contribution >= 0.6 is 0 Å².